The topological polar surface area (TPSA) is 66.5 Å². The third-order valence-corrected chi connectivity index (χ3v) is 4.19. The molecule has 1 aliphatic heterocycles. The van der Waals surface area contributed by atoms with Crippen molar-refractivity contribution in [3.8, 4) is 0 Å². The number of nitrogens with zero attached hydrogens (tertiary/aromatic N) is 1. The fourth-order valence-electron chi connectivity index (χ4n) is 2.80. The minimum atomic E-state index is -0.375. The van der Waals surface area contributed by atoms with E-state index in [0.717, 1.165) is 10.5 Å². The zero-order valence-corrected chi connectivity index (χ0v) is 13.7. The van der Waals surface area contributed by atoms with E-state index in [2.05, 4.69) is 5.32 Å². The Morgan fingerprint density at radius 1 is 1.04 bits per heavy atom. The maximum absolute atomic E-state index is 12.9. The van der Waals surface area contributed by atoms with Gasteiger partial charge in [-0.05, 0) is 36.8 Å². The van der Waals surface area contributed by atoms with Crippen LogP contribution < -0.4 is 5.32 Å². The van der Waals surface area contributed by atoms with Gasteiger partial charge in [0.1, 0.15) is 5.82 Å². The first kappa shape index (κ1) is 16.8. The number of fused-ring (bicyclic) bond motifs is 1. The molecule has 1 aliphatic rings. The van der Waals surface area contributed by atoms with Crippen molar-refractivity contribution in [3.63, 3.8) is 0 Å². The SMILES string of the molecule is C[C@H](NC(=O)CCN1C(=O)c2ccccc2C1=O)c1ccc(F)cc1. The number of hydrogen-bond acceptors (Lipinski definition) is 3. The predicted octanol–water partition coefficient (Wildman–Crippen LogP) is 2.69. The predicted molar refractivity (Wildman–Crippen MR) is 89.4 cm³/mol. The molecule has 2 aromatic rings. The summed E-state index contributed by atoms with van der Waals surface area (Å²) >= 11 is 0. The summed E-state index contributed by atoms with van der Waals surface area (Å²) in [5.74, 6) is -1.37. The summed E-state index contributed by atoms with van der Waals surface area (Å²) in [6.07, 6.45) is 0.0109. The van der Waals surface area contributed by atoms with Gasteiger partial charge in [0.2, 0.25) is 5.91 Å². The quantitative estimate of drug-likeness (QED) is 0.851. The van der Waals surface area contributed by atoms with Crippen LogP contribution in [0.4, 0.5) is 4.39 Å². The van der Waals surface area contributed by atoms with Gasteiger partial charge in [-0.25, -0.2) is 4.39 Å². The maximum atomic E-state index is 12.9. The van der Waals surface area contributed by atoms with Crippen LogP contribution in [0, 0.1) is 5.82 Å². The molecule has 0 spiro atoms. The molecule has 0 bridgehead atoms. The van der Waals surface area contributed by atoms with Crippen LogP contribution in [-0.4, -0.2) is 29.2 Å². The highest BCUT2D eigenvalue weighted by molar-refractivity contribution is 6.21. The average molecular weight is 340 g/mol. The van der Waals surface area contributed by atoms with Crippen LogP contribution in [-0.2, 0) is 4.79 Å². The monoisotopic (exact) mass is 340 g/mol. The molecular weight excluding hydrogens is 323 g/mol. The summed E-state index contributed by atoms with van der Waals surface area (Å²) in [5, 5.41) is 2.78. The van der Waals surface area contributed by atoms with Crippen molar-refractivity contribution in [1.29, 1.82) is 0 Å². The van der Waals surface area contributed by atoms with Crippen molar-refractivity contribution in [2.45, 2.75) is 19.4 Å². The van der Waals surface area contributed by atoms with Gasteiger partial charge in [0.25, 0.3) is 11.8 Å². The van der Waals surface area contributed by atoms with Crippen LogP contribution in [0.1, 0.15) is 45.7 Å². The first-order valence-electron chi connectivity index (χ1n) is 7.97. The Hall–Kier alpha value is -3.02. The Morgan fingerprint density at radius 3 is 2.16 bits per heavy atom. The lowest BCUT2D eigenvalue weighted by atomic mass is 10.1. The fraction of sp³-hybridized carbons (Fsp3) is 0.211. The zero-order valence-electron chi connectivity index (χ0n) is 13.7. The molecule has 0 fully saturated rings. The van der Waals surface area contributed by atoms with Crippen LogP contribution in [0.15, 0.2) is 48.5 Å². The number of nitrogens with one attached hydrogen (secondary N) is 1. The highest BCUT2D eigenvalue weighted by Crippen LogP contribution is 2.22. The number of carbonyl (C=O) groups excluding carboxylic acids is 3. The van der Waals surface area contributed by atoms with Gasteiger partial charge in [-0.2, -0.15) is 0 Å². The molecule has 25 heavy (non-hydrogen) atoms. The Balaban J connectivity index is 1.57. The van der Waals surface area contributed by atoms with Gasteiger partial charge in [0.15, 0.2) is 0 Å². The normalized spacial score (nSPS) is 14.4. The first-order valence-corrected chi connectivity index (χ1v) is 7.97. The largest absolute Gasteiger partial charge is 0.350 e. The van der Waals surface area contributed by atoms with E-state index in [1.54, 1.807) is 43.3 Å². The Kier molecular flexibility index (Phi) is 4.61. The summed E-state index contributed by atoms with van der Waals surface area (Å²) in [6, 6.07) is 12.2. The van der Waals surface area contributed by atoms with Gasteiger partial charge >= 0.3 is 0 Å². The lowest BCUT2D eigenvalue weighted by Crippen LogP contribution is -2.35. The number of hydrogen-bond donors (Lipinski definition) is 1. The van der Waals surface area contributed by atoms with Crippen molar-refractivity contribution in [2.24, 2.45) is 0 Å². The van der Waals surface area contributed by atoms with Crippen molar-refractivity contribution in [1.82, 2.24) is 10.2 Å². The van der Waals surface area contributed by atoms with Crippen molar-refractivity contribution in [2.75, 3.05) is 6.54 Å². The van der Waals surface area contributed by atoms with E-state index in [0.29, 0.717) is 11.1 Å². The third kappa shape index (κ3) is 3.42. The zero-order chi connectivity index (χ0) is 18.0. The van der Waals surface area contributed by atoms with E-state index >= 15 is 0 Å². The summed E-state index contributed by atoms with van der Waals surface area (Å²) in [4.78, 5) is 37.7. The molecule has 0 saturated heterocycles. The summed E-state index contributed by atoms with van der Waals surface area (Å²) in [7, 11) is 0. The minimum Gasteiger partial charge on any atom is -0.350 e. The highest BCUT2D eigenvalue weighted by Gasteiger charge is 2.34. The third-order valence-electron chi connectivity index (χ3n) is 4.19. The number of carbonyl (C=O) groups is 3. The summed E-state index contributed by atoms with van der Waals surface area (Å²) < 4.78 is 12.9. The Bertz CT molecular complexity index is 798. The van der Waals surface area contributed by atoms with Crippen LogP contribution in [0.25, 0.3) is 0 Å². The van der Waals surface area contributed by atoms with Crippen molar-refractivity contribution >= 4 is 17.7 Å². The van der Waals surface area contributed by atoms with E-state index in [4.69, 9.17) is 0 Å². The van der Waals surface area contributed by atoms with E-state index in [-0.39, 0.29) is 42.5 Å². The average Bonchev–Trinajstić information content (AvgIpc) is 2.85. The van der Waals surface area contributed by atoms with E-state index in [9.17, 15) is 18.8 Å². The van der Waals surface area contributed by atoms with Crippen LogP contribution in [0.5, 0.6) is 0 Å². The number of imide groups is 1. The molecular formula is C19H17FN2O3. The van der Waals surface area contributed by atoms with Gasteiger partial charge in [-0.3, -0.25) is 19.3 Å². The second-order valence-corrected chi connectivity index (χ2v) is 5.90. The standard InChI is InChI=1S/C19H17FN2O3/c1-12(13-6-8-14(20)9-7-13)21-17(23)10-11-22-18(24)15-4-2-3-5-16(15)19(22)25/h2-9,12H,10-11H2,1H3,(H,21,23)/t12-/m0/s1. The van der Waals surface area contributed by atoms with Crippen LogP contribution >= 0.6 is 0 Å². The summed E-state index contributed by atoms with van der Waals surface area (Å²) in [5.41, 5.74) is 1.51. The van der Waals surface area contributed by atoms with Gasteiger partial charge < -0.3 is 5.32 Å². The fourth-order valence-corrected chi connectivity index (χ4v) is 2.80. The molecule has 5 nitrogen and oxygen atoms in total. The highest BCUT2D eigenvalue weighted by atomic mass is 19.1. The number of amides is 3. The molecule has 0 aliphatic carbocycles. The van der Waals surface area contributed by atoms with Crippen LogP contribution in [0.3, 0.4) is 0 Å². The number of rotatable bonds is 5. The van der Waals surface area contributed by atoms with Gasteiger partial charge in [-0.15, -0.1) is 0 Å². The Labute approximate surface area is 144 Å². The molecule has 3 rings (SSSR count). The molecule has 3 amide bonds. The second-order valence-electron chi connectivity index (χ2n) is 5.90. The molecule has 2 aromatic carbocycles. The molecule has 1 atom stereocenters. The maximum Gasteiger partial charge on any atom is 0.261 e. The molecule has 128 valence electrons. The number of benzene rings is 2. The second kappa shape index (κ2) is 6.84. The lowest BCUT2D eigenvalue weighted by molar-refractivity contribution is -0.121. The van der Waals surface area contributed by atoms with Crippen molar-refractivity contribution in [3.05, 3.63) is 71.0 Å². The molecule has 0 saturated carbocycles. The lowest BCUT2D eigenvalue weighted by Gasteiger charge is -2.17. The molecule has 0 unspecified atom stereocenters. The van der Waals surface area contributed by atoms with E-state index in [1.807, 2.05) is 0 Å². The molecule has 1 N–H and O–H groups in total. The van der Waals surface area contributed by atoms with Crippen LogP contribution in [0.2, 0.25) is 0 Å². The number of halogens is 1. The molecule has 0 radical (unpaired) electrons. The Morgan fingerprint density at radius 2 is 1.60 bits per heavy atom. The van der Waals surface area contributed by atoms with Gasteiger partial charge in [0, 0.05) is 13.0 Å². The molecule has 6 heteroatoms. The minimum absolute atomic E-state index is 0.0109. The summed E-state index contributed by atoms with van der Waals surface area (Å²) in [6.45, 7) is 1.81. The van der Waals surface area contributed by atoms with E-state index < -0.39 is 0 Å². The molecule has 0 aromatic heterocycles. The van der Waals surface area contributed by atoms with Gasteiger partial charge in [0.05, 0.1) is 17.2 Å². The van der Waals surface area contributed by atoms with Gasteiger partial charge in [-0.1, -0.05) is 24.3 Å². The van der Waals surface area contributed by atoms with Crippen molar-refractivity contribution < 1.29 is 18.8 Å². The smallest absolute Gasteiger partial charge is 0.261 e. The van der Waals surface area contributed by atoms with E-state index in [1.165, 1.54) is 12.1 Å². The molecule has 1 heterocycles. The first-order chi connectivity index (χ1) is 12.0.